The number of carboxylic acids is 2. The molecule has 0 aliphatic rings. The molecule has 0 bridgehead atoms. The van der Waals surface area contributed by atoms with Crippen molar-refractivity contribution in [3.05, 3.63) is 0 Å². The van der Waals surface area contributed by atoms with Gasteiger partial charge in [-0.25, -0.2) is 4.79 Å². The van der Waals surface area contributed by atoms with E-state index in [0.717, 1.165) is 6.42 Å². The molecule has 12 nitrogen and oxygen atoms in total. The Morgan fingerprint density at radius 2 is 1.40 bits per heavy atom. The monoisotopic (exact) mass is 519 g/mol. The molecule has 13 heteroatoms. The van der Waals surface area contributed by atoms with Crippen LogP contribution < -0.4 is 27.4 Å². The lowest BCUT2D eigenvalue weighted by Gasteiger charge is -2.26. The second kappa shape index (κ2) is 18.0. The number of amides is 3. The van der Waals surface area contributed by atoms with Crippen LogP contribution in [0.25, 0.3) is 0 Å². The number of nitrogens with one attached hydrogen (secondary N) is 3. The third-order valence-electron chi connectivity index (χ3n) is 5.15. The molecule has 0 radical (unpaired) electrons. The van der Waals surface area contributed by atoms with Crippen molar-refractivity contribution in [2.75, 3.05) is 18.6 Å². The number of hydrogen-bond acceptors (Lipinski definition) is 8. The maximum absolute atomic E-state index is 13.0. The van der Waals surface area contributed by atoms with Gasteiger partial charge in [-0.05, 0) is 56.6 Å². The zero-order chi connectivity index (χ0) is 27.0. The van der Waals surface area contributed by atoms with Crippen molar-refractivity contribution in [2.45, 2.75) is 83.0 Å². The molecule has 0 aliphatic carbocycles. The number of nitrogens with two attached hydrogens (primary N) is 2. The SMILES string of the molecule is CSCCC(NC(=O)C(N)CCCCN)C(=O)NC(CC(C)C)C(=O)NC(CCC(=O)O)C(=O)O. The summed E-state index contributed by atoms with van der Waals surface area (Å²) in [6.45, 7) is 4.16. The van der Waals surface area contributed by atoms with Gasteiger partial charge in [0.1, 0.15) is 18.1 Å². The number of rotatable bonds is 19. The molecule has 0 saturated heterocycles. The van der Waals surface area contributed by atoms with Crippen LogP contribution in [0, 0.1) is 5.92 Å². The van der Waals surface area contributed by atoms with Crippen LogP contribution in [-0.2, 0) is 24.0 Å². The van der Waals surface area contributed by atoms with Crippen LogP contribution >= 0.6 is 11.8 Å². The molecule has 9 N–H and O–H groups in total. The molecular formula is C22H41N5O7S. The van der Waals surface area contributed by atoms with Gasteiger partial charge in [-0.2, -0.15) is 11.8 Å². The Morgan fingerprint density at radius 3 is 1.91 bits per heavy atom. The number of carbonyl (C=O) groups excluding carboxylic acids is 3. The van der Waals surface area contributed by atoms with Gasteiger partial charge in [0.05, 0.1) is 6.04 Å². The summed E-state index contributed by atoms with van der Waals surface area (Å²) in [5, 5.41) is 25.7. The molecular weight excluding hydrogens is 478 g/mol. The molecule has 0 saturated carbocycles. The van der Waals surface area contributed by atoms with Crippen molar-refractivity contribution in [2.24, 2.45) is 17.4 Å². The fourth-order valence-electron chi connectivity index (χ4n) is 3.20. The lowest BCUT2D eigenvalue weighted by atomic mass is 10.0. The Balaban J connectivity index is 5.40. The van der Waals surface area contributed by atoms with Gasteiger partial charge in [0.15, 0.2) is 0 Å². The van der Waals surface area contributed by atoms with E-state index in [1.54, 1.807) is 0 Å². The molecule has 0 aromatic carbocycles. The van der Waals surface area contributed by atoms with Crippen LogP contribution in [0.15, 0.2) is 0 Å². The van der Waals surface area contributed by atoms with E-state index in [-0.39, 0.29) is 18.8 Å². The van der Waals surface area contributed by atoms with E-state index in [4.69, 9.17) is 16.6 Å². The minimum absolute atomic E-state index is 0.0245. The first-order valence-corrected chi connectivity index (χ1v) is 13.1. The van der Waals surface area contributed by atoms with Crippen LogP contribution in [0.5, 0.6) is 0 Å². The summed E-state index contributed by atoms with van der Waals surface area (Å²) < 4.78 is 0. The third kappa shape index (κ3) is 14.6. The van der Waals surface area contributed by atoms with E-state index in [1.807, 2.05) is 20.1 Å². The summed E-state index contributed by atoms with van der Waals surface area (Å²) in [4.78, 5) is 60.6. The summed E-state index contributed by atoms with van der Waals surface area (Å²) in [6.07, 6.45) is 3.47. The Morgan fingerprint density at radius 1 is 0.829 bits per heavy atom. The minimum atomic E-state index is -1.41. The molecule has 0 aromatic heterocycles. The Labute approximate surface area is 210 Å². The van der Waals surface area contributed by atoms with E-state index >= 15 is 0 Å². The van der Waals surface area contributed by atoms with E-state index in [2.05, 4.69) is 16.0 Å². The third-order valence-corrected chi connectivity index (χ3v) is 5.80. The predicted octanol–water partition coefficient (Wildman–Crippen LogP) is -0.354. The van der Waals surface area contributed by atoms with Gasteiger partial charge in [0.25, 0.3) is 0 Å². The van der Waals surface area contributed by atoms with Crippen molar-refractivity contribution in [3.8, 4) is 0 Å². The summed E-state index contributed by atoms with van der Waals surface area (Å²) >= 11 is 1.49. The highest BCUT2D eigenvalue weighted by molar-refractivity contribution is 7.98. The van der Waals surface area contributed by atoms with Gasteiger partial charge in [-0.3, -0.25) is 19.2 Å². The fourth-order valence-corrected chi connectivity index (χ4v) is 3.67. The molecule has 3 amide bonds. The molecule has 4 unspecified atom stereocenters. The first-order chi connectivity index (χ1) is 16.4. The van der Waals surface area contributed by atoms with Gasteiger partial charge in [-0.15, -0.1) is 0 Å². The average Bonchev–Trinajstić information content (AvgIpc) is 2.77. The Kier molecular flexibility index (Phi) is 16.7. The van der Waals surface area contributed by atoms with Crippen LogP contribution in [0.4, 0.5) is 0 Å². The second-order valence-electron chi connectivity index (χ2n) is 8.76. The van der Waals surface area contributed by atoms with Crippen molar-refractivity contribution >= 4 is 41.4 Å². The number of thioether (sulfide) groups is 1. The zero-order valence-corrected chi connectivity index (χ0v) is 21.6. The largest absolute Gasteiger partial charge is 0.481 e. The van der Waals surface area contributed by atoms with E-state index in [0.29, 0.717) is 31.6 Å². The molecule has 0 fully saturated rings. The molecule has 0 heterocycles. The lowest BCUT2D eigenvalue weighted by molar-refractivity contribution is -0.143. The van der Waals surface area contributed by atoms with Crippen LogP contribution in [0.3, 0.4) is 0 Å². The maximum atomic E-state index is 13.0. The van der Waals surface area contributed by atoms with Crippen LogP contribution in [0.1, 0.15) is 58.8 Å². The number of carbonyl (C=O) groups is 5. The molecule has 0 rings (SSSR count). The van der Waals surface area contributed by atoms with Gasteiger partial charge in [0, 0.05) is 6.42 Å². The highest BCUT2D eigenvalue weighted by Gasteiger charge is 2.30. The smallest absolute Gasteiger partial charge is 0.326 e. The van der Waals surface area contributed by atoms with Gasteiger partial charge in [-0.1, -0.05) is 20.3 Å². The zero-order valence-electron chi connectivity index (χ0n) is 20.7. The molecule has 35 heavy (non-hydrogen) atoms. The van der Waals surface area contributed by atoms with Gasteiger partial charge < -0.3 is 37.6 Å². The van der Waals surface area contributed by atoms with E-state index in [9.17, 15) is 29.1 Å². The molecule has 4 atom stereocenters. The highest BCUT2D eigenvalue weighted by atomic mass is 32.2. The number of unbranched alkanes of at least 4 members (excludes halogenated alkanes) is 1. The van der Waals surface area contributed by atoms with Crippen LogP contribution in [-0.4, -0.2) is 82.6 Å². The fraction of sp³-hybridized carbons (Fsp3) is 0.773. The van der Waals surface area contributed by atoms with Crippen LogP contribution in [0.2, 0.25) is 0 Å². The summed E-state index contributed by atoms with van der Waals surface area (Å²) in [5.74, 6) is -3.82. The topological polar surface area (TPSA) is 214 Å². The quantitative estimate of drug-likeness (QED) is 0.110. The minimum Gasteiger partial charge on any atom is -0.481 e. The predicted molar refractivity (Wildman–Crippen MR) is 134 cm³/mol. The molecule has 202 valence electrons. The van der Waals surface area contributed by atoms with Crippen molar-refractivity contribution in [1.82, 2.24) is 16.0 Å². The Hall–Kier alpha value is -2.38. The molecule has 0 aliphatic heterocycles. The van der Waals surface area contributed by atoms with Crippen molar-refractivity contribution in [1.29, 1.82) is 0 Å². The van der Waals surface area contributed by atoms with Gasteiger partial charge in [0.2, 0.25) is 17.7 Å². The highest BCUT2D eigenvalue weighted by Crippen LogP contribution is 2.09. The molecule has 0 aromatic rings. The summed E-state index contributed by atoms with van der Waals surface area (Å²) in [5.41, 5.74) is 11.4. The maximum Gasteiger partial charge on any atom is 0.326 e. The number of aliphatic carboxylic acids is 2. The average molecular weight is 520 g/mol. The standard InChI is InChI=1S/C22H41N5O7S/c1-13(2)12-17(21(32)26-16(22(33)34)7-8-18(28)29)27-20(31)15(9-11-35-3)25-19(30)14(24)6-4-5-10-23/h13-17H,4-12,23-24H2,1-3H3,(H,25,30)(H,26,32)(H,27,31)(H,28,29)(H,33,34). The second-order valence-corrected chi connectivity index (χ2v) is 9.74. The molecule has 0 spiro atoms. The summed E-state index contributed by atoms with van der Waals surface area (Å²) in [7, 11) is 0. The normalized spacial score (nSPS) is 14.5. The Bertz CT molecular complexity index is 708. The van der Waals surface area contributed by atoms with E-state index in [1.165, 1.54) is 11.8 Å². The number of hydrogen-bond donors (Lipinski definition) is 7. The van der Waals surface area contributed by atoms with Gasteiger partial charge >= 0.3 is 11.9 Å². The van der Waals surface area contributed by atoms with Crippen molar-refractivity contribution < 1.29 is 34.2 Å². The van der Waals surface area contributed by atoms with Crippen molar-refractivity contribution in [3.63, 3.8) is 0 Å². The lowest BCUT2D eigenvalue weighted by Crippen LogP contribution is -2.57. The van der Waals surface area contributed by atoms with E-state index < -0.39 is 60.2 Å². The number of carboxylic acid groups (broad SMARTS) is 2. The first-order valence-electron chi connectivity index (χ1n) is 11.7. The summed E-state index contributed by atoms with van der Waals surface area (Å²) in [6, 6.07) is -4.21. The first kappa shape index (κ1) is 32.6.